The van der Waals surface area contributed by atoms with E-state index in [0.29, 0.717) is 17.4 Å². The highest BCUT2D eigenvalue weighted by Crippen LogP contribution is 2.43. The van der Waals surface area contributed by atoms with Crippen LogP contribution in [0.2, 0.25) is 0 Å². The zero-order valence-corrected chi connectivity index (χ0v) is 54.3. The first kappa shape index (κ1) is 77.2. The minimum absolute atomic E-state index is 0.0652. The fraction of sp³-hybridized carbons (Fsp3) is 0.957. The zero-order valence-electron chi connectivity index (χ0n) is 53.5. The van der Waals surface area contributed by atoms with E-state index >= 15 is 0 Å². The number of nitrogens with one attached hydrogen (secondary N) is 1. The van der Waals surface area contributed by atoms with Crippen LogP contribution < -0.4 is 5.32 Å². The molecule has 0 heterocycles. The van der Waals surface area contributed by atoms with Crippen LogP contribution in [0.4, 0.5) is 0 Å². The highest BCUT2D eigenvalue weighted by atomic mass is 31.2. The number of hydrogen-bond acceptors (Lipinski definition) is 5. The fourth-order valence-electron chi connectivity index (χ4n) is 11.0. The van der Waals surface area contributed by atoms with Crippen molar-refractivity contribution in [3.8, 4) is 0 Å². The third kappa shape index (κ3) is 62.8. The van der Waals surface area contributed by atoms with Crippen molar-refractivity contribution in [3.05, 3.63) is 12.2 Å². The molecule has 0 saturated heterocycles. The van der Waals surface area contributed by atoms with Crippen molar-refractivity contribution in [1.82, 2.24) is 5.32 Å². The van der Waals surface area contributed by atoms with Crippen molar-refractivity contribution >= 4 is 13.7 Å². The van der Waals surface area contributed by atoms with E-state index in [1.807, 2.05) is 27.2 Å². The Kier molecular flexibility index (Phi) is 60.2. The summed E-state index contributed by atoms with van der Waals surface area (Å²) in [4.78, 5) is 23.4. The Morgan fingerprint density at radius 1 is 0.423 bits per heavy atom. The predicted octanol–water partition coefficient (Wildman–Crippen LogP) is 22.1. The van der Waals surface area contributed by atoms with Gasteiger partial charge in [-0.2, -0.15) is 0 Å². The van der Waals surface area contributed by atoms with Gasteiger partial charge in [-0.3, -0.25) is 13.8 Å². The molecule has 8 nitrogen and oxygen atoms in total. The molecule has 0 aliphatic heterocycles. The number of quaternary nitrogens is 1. The van der Waals surface area contributed by atoms with E-state index < -0.39 is 20.0 Å². The normalized spacial score (nSPS) is 13.7. The molecule has 1 amide bonds. The first-order valence-electron chi connectivity index (χ1n) is 35.1. The molecular formula is C69H140N2O6P+. The molecule has 9 heteroatoms. The van der Waals surface area contributed by atoms with Crippen LogP contribution in [-0.4, -0.2) is 73.4 Å². The van der Waals surface area contributed by atoms with Crippen LogP contribution in [0.1, 0.15) is 373 Å². The van der Waals surface area contributed by atoms with Gasteiger partial charge in [0.05, 0.1) is 39.9 Å². The number of likely N-dealkylation sites (N-methyl/N-ethyl adjacent to an activating group) is 1. The van der Waals surface area contributed by atoms with Gasteiger partial charge in [-0.1, -0.05) is 360 Å². The van der Waals surface area contributed by atoms with Crippen LogP contribution >= 0.6 is 7.82 Å². The molecule has 0 bridgehead atoms. The van der Waals surface area contributed by atoms with Gasteiger partial charge >= 0.3 is 7.82 Å². The number of carbonyl (C=O) groups excluding carboxylic acids is 1. The molecule has 0 saturated carbocycles. The predicted molar refractivity (Wildman–Crippen MR) is 342 cm³/mol. The SMILES string of the molecule is CCCCCCCCCCCCCCCC/C=C/C(O)C(COP(=O)(O)OCC[N+](C)(C)C)NC(=O)CCCCCCCCCCCCCCCCCCCCCCCCCCCCCCCCCCCCCCCCCC. The molecule has 0 aromatic rings. The Bertz CT molecular complexity index is 1280. The Morgan fingerprint density at radius 2 is 0.679 bits per heavy atom. The van der Waals surface area contributed by atoms with Crippen molar-refractivity contribution in [2.75, 3.05) is 40.9 Å². The Labute approximate surface area is 488 Å². The van der Waals surface area contributed by atoms with Crippen LogP contribution in [0.3, 0.4) is 0 Å². The van der Waals surface area contributed by atoms with E-state index in [9.17, 15) is 19.4 Å². The summed E-state index contributed by atoms with van der Waals surface area (Å²) in [6.45, 7) is 4.87. The van der Waals surface area contributed by atoms with Crippen LogP contribution in [0.5, 0.6) is 0 Å². The lowest BCUT2D eigenvalue weighted by molar-refractivity contribution is -0.870. The number of carbonyl (C=O) groups is 1. The Morgan fingerprint density at radius 3 is 0.949 bits per heavy atom. The molecule has 0 aromatic carbocycles. The quantitative estimate of drug-likeness (QED) is 0.0243. The molecule has 3 atom stereocenters. The van der Waals surface area contributed by atoms with Gasteiger partial charge in [0.25, 0.3) is 0 Å². The Hall–Kier alpha value is -0.760. The second-order valence-corrected chi connectivity index (χ2v) is 27.1. The van der Waals surface area contributed by atoms with Crippen molar-refractivity contribution in [1.29, 1.82) is 0 Å². The molecular weight excluding hydrogens is 984 g/mol. The molecule has 3 N–H and O–H groups in total. The third-order valence-electron chi connectivity index (χ3n) is 16.5. The van der Waals surface area contributed by atoms with Crippen LogP contribution in [0.15, 0.2) is 12.2 Å². The van der Waals surface area contributed by atoms with Gasteiger partial charge in [0, 0.05) is 6.42 Å². The van der Waals surface area contributed by atoms with Gasteiger partial charge in [0.1, 0.15) is 13.2 Å². The summed E-state index contributed by atoms with van der Waals surface area (Å²) in [6.07, 6.45) is 78.1. The second-order valence-electron chi connectivity index (χ2n) is 25.6. The highest BCUT2D eigenvalue weighted by Gasteiger charge is 2.28. The van der Waals surface area contributed by atoms with Crippen LogP contribution in [0.25, 0.3) is 0 Å². The average Bonchev–Trinajstić information content (AvgIpc) is 3.41. The van der Waals surface area contributed by atoms with Crippen LogP contribution in [-0.2, 0) is 18.4 Å². The van der Waals surface area contributed by atoms with E-state index in [2.05, 4.69) is 19.2 Å². The smallest absolute Gasteiger partial charge is 0.387 e. The first-order chi connectivity index (χ1) is 38.0. The molecule has 0 rings (SSSR count). The summed E-state index contributed by atoms with van der Waals surface area (Å²) in [5.74, 6) is -0.168. The van der Waals surface area contributed by atoms with E-state index in [1.165, 1.54) is 321 Å². The number of phosphoric acid groups is 1. The van der Waals surface area contributed by atoms with Gasteiger partial charge in [-0.15, -0.1) is 0 Å². The summed E-state index contributed by atoms with van der Waals surface area (Å²) in [7, 11) is 1.59. The summed E-state index contributed by atoms with van der Waals surface area (Å²) in [5.41, 5.74) is 0. The first-order valence-corrected chi connectivity index (χ1v) is 36.6. The lowest BCUT2D eigenvalue weighted by Crippen LogP contribution is -2.45. The number of unbranched alkanes of at least 4 members (excludes halogenated alkanes) is 53. The molecule has 78 heavy (non-hydrogen) atoms. The molecule has 0 aliphatic rings. The number of aliphatic hydroxyl groups is 1. The molecule has 466 valence electrons. The summed E-state index contributed by atoms with van der Waals surface area (Å²) in [5, 5.41) is 14.0. The molecule has 0 aromatic heterocycles. The number of phosphoric ester groups is 1. The largest absolute Gasteiger partial charge is 0.472 e. The average molecular weight is 1120 g/mol. The van der Waals surface area contributed by atoms with Crippen molar-refractivity contribution < 1.29 is 32.9 Å². The Balaban J connectivity index is 3.84. The number of aliphatic hydroxyl groups excluding tert-OH is 1. The fourth-order valence-corrected chi connectivity index (χ4v) is 11.8. The third-order valence-corrected chi connectivity index (χ3v) is 17.5. The van der Waals surface area contributed by atoms with Crippen LogP contribution in [0, 0.1) is 0 Å². The van der Waals surface area contributed by atoms with E-state index in [4.69, 9.17) is 9.05 Å². The standard InChI is InChI=1S/C69H139N2O6P/c1-6-8-10-12-14-16-18-20-22-24-25-26-27-28-29-30-31-32-33-34-35-36-37-38-39-40-41-42-43-44-45-46-47-49-51-53-55-57-59-61-63-69(73)70-67(66-77-78(74,75)76-65-64-71(3,4)5)68(72)62-60-58-56-54-52-50-48-23-21-19-17-15-13-11-9-7-2/h60,62,67-68,72H,6-59,61,63-66H2,1-5H3,(H-,70,73,74,75)/p+1/b62-60+. The second kappa shape index (κ2) is 60.8. The lowest BCUT2D eigenvalue weighted by atomic mass is 10.0. The lowest BCUT2D eigenvalue weighted by Gasteiger charge is -2.25. The molecule has 0 fully saturated rings. The number of hydrogen-bond donors (Lipinski definition) is 3. The number of rotatable bonds is 66. The van der Waals surface area contributed by atoms with Gasteiger partial charge in [0.2, 0.25) is 5.91 Å². The van der Waals surface area contributed by atoms with E-state index in [-0.39, 0.29) is 19.1 Å². The maximum Gasteiger partial charge on any atom is 0.472 e. The van der Waals surface area contributed by atoms with Crippen molar-refractivity contribution in [2.45, 2.75) is 386 Å². The minimum Gasteiger partial charge on any atom is -0.387 e. The molecule has 0 aliphatic carbocycles. The highest BCUT2D eigenvalue weighted by molar-refractivity contribution is 7.47. The number of amides is 1. The van der Waals surface area contributed by atoms with Crippen molar-refractivity contribution in [3.63, 3.8) is 0 Å². The zero-order chi connectivity index (χ0) is 57.0. The van der Waals surface area contributed by atoms with Gasteiger partial charge < -0.3 is 19.8 Å². The molecule has 0 spiro atoms. The maximum atomic E-state index is 13.0. The maximum absolute atomic E-state index is 13.0. The van der Waals surface area contributed by atoms with Gasteiger partial charge in [-0.25, -0.2) is 4.57 Å². The summed E-state index contributed by atoms with van der Waals surface area (Å²) < 4.78 is 23.8. The van der Waals surface area contributed by atoms with Crippen molar-refractivity contribution in [2.24, 2.45) is 0 Å². The minimum atomic E-state index is -4.34. The summed E-state index contributed by atoms with van der Waals surface area (Å²) >= 11 is 0. The topological polar surface area (TPSA) is 105 Å². The molecule has 0 radical (unpaired) electrons. The molecule has 3 unspecified atom stereocenters. The van der Waals surface area contributed by atoms with E-state index in [0.717, 1.165) is 32.1 Å². The summed E-state index contributed by atoms with van der Waals surface area (Å²) in [6, 6.07) is -0.842. The van der Waals surface area contributed by atoms with Gasteiger partial charge in [0.15, 0.2) is 0 Å². The van der Waals surface area contributed by atoms with E-state index in [1.54, 1.807) is 6.08 Å². The number of allylic oxidation sites excluding steroid dienone is 1. The van der Waals surface area contributed by atoms with Gasteiger partial charge in [-0.05, 0) is 19.3 Å². The number of nitrogens with zero attached hydrogens (tertiary/aromatic N) is 1. The monoisotopic (exact) mass is 1120 g/mol.